The highest BCUT2D eigenvalue weighted by atomic mass is 16.5. The first-order valence-electron chi connectivity index (χ1n) is 7.87. The fourth-order valence-corrected chi connectivity index (χ4v) is 3.40. The number of ether oxygens (including phenoxy) is 2. The molecule has 0 amide bonds. The Labute approximate surface area is 133 Å². The van der Waals surface area contributed by atoms with Crippen LogP contribution in [0.2, 0.25) is 0 Å². The Hall–Kier alpha value is -2.50. The molecule has 23 heavy (non-hydrogen) atoms. The Kier molecular flexibility index (Phi) is 3.25. The van der Waals surface area contributed by atoms with Crippen molar-refractivity contribution in [2.45, 2.75) is 25.7 Å². The van der Waals surface area contributed by atoms with E-state index in [1.54, 1.807) is 17.8 Å². The molecule has 0 saturated heterocycles. The molecule has 3 heterocycles. The van der Waals surface area contributed by atoms with Crippen LogP contribution in [-0.4, -0.2) is 34.1 Å². The molecular weight excluding hydrogens is 296 g/mol. The van der Waals surface area contributed by atoms with Crippen molar-refractivity contribution in [2.24, 2.45) is 7.05 Å². The topological polar surface area (TPSA) is 73.6 Å². The monoisotopic (exact) mass is 314 g/mol. The van der Waals surface area contributed by atoms with E-state index in [0.717, 1.165) is 66.2 Å². The van der Waals surface area contributed by atoms with E-state index in [9.17, 15) is 9.90 Å². The normalized spacial score (nSPS) is 16.0. The molecular formula is C17H18N2O4. The lowest BCUT2D eigenvalue weighted by molar-refractivity contribution is 0.0689. The second-order valence-corrected chi connectivity index (χ2v) is 5.96. The van der Waals surface area contributed by atoms with Crippen LogP contribution in [-0.2, 0) is 19.9 Å². The fourth-order valence-electron chi connectivity index (χ4n) is 3.40. The van der Waals surface area contributed by atoms with Gasteiger partial charge in [0.15, 0.2) is 5.69 Å². The smallest absolute Gasteiger partial charge is 0.356 e. The summed E-state index contributed by atoms with van der Waals surface area (Å²) in [5.41, 5.74) is 3.98. The molecule has 6 heteroatoms. The Morgan fingerprint density at radius 3 is 2.78 bits per heavy atom. The Balaban J connectivity index is 1.98. The lowest BCUT2D eigenvalue weighted by Crippen LogP contribution is -2.16. The van der Waals surface area contributed by atoms with Crippen LogP contribution in [0.1, 0.15) is 34.5 Å². The molecule has 1 N–H and O–H groups in total. The molecule has 1 aromatic heterocycles. The van der Waals surface area contributed by atoms with Crippen molar-refractivity contribution in [1.82, 2.24) is 9.78 Å². The number of benzene rings is 1. The molecule has 120 valence electrons. The average Bonchev–Trinajstić information content (AvgIpc) is 2.94. The molecule has 0 atom stereocenters. The third-order valence-corrected chi connectivity index (χ3v) is 4.44. The van der Waals surface area contributed by atoms with Crippen molar-refractivity contribution in [2.75, 3.05) is 13.2 Å². The number of carboxylic acids is 1. The van der Waals surface area contributed by atoms with Gasteiger partial charge in [-0.05, 0) is 43.4 Å². The van der Waals surface area contributed by atoms with E-state index in [-0.39, 0.29) is 5.69 Å². The van der Waals surface area contributed by atoms with Crippen molar-refractivity contribution >= 4 is 5.97 Å². The van der Waals surface area contributed by atoms with Gasteiger partial charge in [0.25, 0.3) is 0 Å². The summed E-state index contributed by atoms with van der Waals surface area (Å²) >= 11 is 0. The highest BCUT2D eigenvalue weighted by Crippen LogP contribution is 2.45. The molecule has 2 aliphatic heterocycles. The van der Waals surface area contributed by atoms with Gasteiger partial charge in [0.05, 0.1) is 18.9 Å². The zero-order valence-corrected chi connectivity index (χ0v) is 13.0. The zero-order valence-electron chi connectivity index (χ0n) is 13.0. The lowest BCUT2D eigenvalue weighted by atomic mass is 9.91. The highest BCUT2D eigenvalue weighted by molar-refractivity contribution is 5.88. The molecule has 2 aliphatic rings. The van der Waals surface area contributed by atoms with E-state index in [0.29, 0.717) is 6.61 Å². The van der Waals surface area contributed by atoms with Crippen LogP contribution in [0.5, 0.6) is 11.5 Å². The van der Waals surface area contributed by atoms with Crippen LogP contribution in [0.15, 0.2) is 12.1 Å². The molecule has 1 aromatic carbocycles. The number of aryl methyl sites for hydroxylation is 2. The maximum absolute atomic E-state index is 11.2. The standard InChI is InChI=1S/C17H18N2O4/c1-19-13(9-12(18-19)17(20)21)15-11-5-3-6-22-14(11)8-10-4-2-7-23-16(10)15/h8-9H,2-7H2,1H3,(H,20,21). The van der Waals surface area contributed by atoms with Crippen molar-refractivity contribution in [3.8, 4) is 22.8 Å². The maximum atomic E-state index is 11.2. The summed E-state index contributed by atoms with van der Waals surface area (Å²) in [7, 11) is 1.76. The third-order valence-electron chi connectivity index (χ3n) is 4.44. The van der Waals surface area contributed by atoms with Crippen LogP contribution in [0, 0.1) is 0 Å². The number of carbonyl (C=O) groups is 1. The molecule has 2 aromatic rings. The summed E-state index contributed by atoms with van der Waals surface area (Å²) in [6.45, 7) is 1.40. The number of carboxylic acid groups (broad SMARTS) is 1. The van der Waals surface area contributed by atoms with E-state index >= 15 is 0 Å². The Morgan fingerprint density at radius 1 is 1.22 bits per heavy atom. The minimum absolute atomic E-state index is 0.0430. The van der Waals surface area contributed by atoms with Gasteiger partial charge in [0.1, 0.15) is 11.5 Å². The van der Waals surface area contributed by atoms with Gasteiger partial charge in [-0.1, -0.05) is 0 Å². The minimum Gasteiger partial charge on any atom is -0.493 e. The van der Waals surface area contributed by atoms with E-state index in [1.807, 2.05) is 0 Å². The number of aromatic nitrogens is 2. The van der Waals surface area contributed by atoms with Gasteiger partial charge >= 0.3 is 5.97 Å². The number of fused-ring (bicyclic) bond motifs is 2. The van der Waals surface area contributed by atoms with Gasteiger partial charge < -0.3 is 14.6 Å². The van der Waals surface area contributed by atoms with Gasteiger partial charge in [0.2, 0.25) is 0 Å². The van der Waals surface area contributed by atoms with Gasteiger partial charge in [-0.2, -0.15) is 5.10 Å². The summed E-state index contributed by atoms with van der Waals surface area (Å²) in [6, 6.07) is 3.70. The predicted molar refractivity (Wildman–Crippen MR) is 83.2 cm³/mol. The molecule has 0 saturated carbocycles. The van der Waals surface area contributed by atoms with Crippen molar-refractivity contribution in [3.63, 3.8) is 0 Å². The third kappa shape index (κ3) is 2.25. The van der Waals surface area contributed by atoms with E-state index in [2.05, 4.69) is 11.2 Å². The first-order chi connectivity index (χ1) is 11.1. The second-order valence-electron chi connectivity index (χ2n) is 5.96. The van der Waals surface area contributed by atoms with E-state index in [4.69, 9.17) is 9.47 Å². The summed E-state index contributed by atoms with van der Waals surface area (Å²) < 4.78 is 13.4. The van der Waals surface area contributed by atoms with Crippen LogP contribution in [0.4, 0.5) is 0 Å². The first-order valence-corrected chi connectivity index (χ1v) is 7.87. The predicted octanol–water partition coefficient (Wildman–Crippen LogP) is 2.44. The molecule has 4 rings (SSSR count). The summed E-state index contributed by atoms with van der Waals surface area (Å²) in [6.07, 6.45) is 3.77. The van der Waals surface area contributed by atoms with Gasteiger partial charge in [-0.3, -0.25) is 4.68 Å². The summed E-state index contributed by atoms with van der Waals surface area (Å²) in [4.78, 5) is 11.2. The average molecular weight is 314 g/mol. The van der Waals surface area contributed by atoms with Gasteiger partial charge in [-0.25, -0.2) is 4.79 Å². The molecule has 0 fully saturated rings. The number of hydrogen-bond donors (Lipinski definition) is 1. The summed E-state index contributed by atoms with van der Waals surface area (Å²) in [5.74, 6) is 0.733. The first kappa shape index (κ1) is 14.1. The molecule has 0 radical (unpaired) electrons. The van der Waals surface area contributed by atoms with Crippen molar-refractivity contribution < 1.29 is 19.4 Å². The molecule has 0 bridgehead atoms. The van der Waals surface area contributed by atoms with Crippen LogP contribution in [0.3, 0.4) is 0 Å². The Bertz CT molecular complexity index is 760. The maximum Gasteiger partial charge on any atom is 0.356 e. The number of hydrogen-bond acceptors (Lipinski definition) is 4. The molecule has 6 nitrogen and oxygen atoms in total. The van der Waals surface area contributed by atoms with Gasteiger partial charge in [-0.15, -0.1) is 0 Å². The summed E-state index contributed by atoms with van der Waals surface area (Å²) in [5, 5.41) is 13.3. The van der Waals surface area contributed by atoms with E-state index in [1.165, 1.54) is 0 Å². The van der Waals surface area contributed by atoms with Crippen molar-refractivity contribution in [1.29, 1.82) is 0 Å². The van der Waals surface area contributed by atoms with Crippen molar-refractivity contribution in [3.05, 3.63) is 29.0 Å². The zero-order chi connectivity index (χ0) is 16.0. The lowest BCUT2D eigenvalue weighted by Gasteiger charge is -2.27. The number of nitrogens with zero attached hydrogens (tertiary/aromatic N) is 2. The van der Waals surface area contributed by atoms with Crippen LogP contribution in [0.25, 0.3) is 11.3 Å². The molecule has 0 spiro atoms. The number of rotatable bonds is 2. The Morgan fingerprint density at radius 2 is 2.00 bits per heavy atom. The van der Waals surface area contributed by atoms with Crippen LogP contribution >= 0.6 is 0 Å². The molecule has 0 unspecified atom stereocenters. The SMILES string of the molecule is Cn1nc(C(=O)O)cc1-c1c2c(cc3c1OCCC3)OCCC2. The largest absolute Gasteiger partial charge is 0.493 e. The fraction of sp³-hybridized carbons (Fsp3) is 0.412. The highest BCUT2D eigenvalue weighted by Gasteiger charge is 2.27. The minimum atomic E-state index is -1.03. The van der Waals surface area contributed by atoms with Gasteiger partial charge in [0, 0.05) is 18.2 Å². The van der Waals surface area contributed by atoms with E-state index < -0.39 is 5.97 Å². The number of aromatic carboxylic acids is 1. The van der Waals surface area contributed by atoms with Crippen LogP contribution < -0.4 is 9.47 Å². The quantitative estimate of drug-likeness (QED) is 0.921. The molecule has 0 aliphatic carbocycles. The second kappa shape index (κ2) is 5.30.